The molecule has 1 atom stereocenters. The van der Waals surface area contributed by atoms with Gasteiger partial charge in [-0.1, -0.05) is 28.1 Å². The number of rotatable bonds is 7. The molecule has 1 unspecified atom stereocenters. The number of ether oxygens (including phenoxy) is 1. The van der Waals surface area contributed by atoms with Gasteiger partial charge in [0.1, 0.15) is 0 Å². The summed E-state index contributed by atoms with van der Waals surface area (Å²) in [6.07, 6.45) is 2.42. The summed E-state index contributed by atoms with van der Waals surface area (Å²) in [5, 5.41) is 6.70. The molecule has 0 aromatic heterocycles. The quantitative estimate of drug-likeness (QED) is 0.574. The molecule has 0 aliphatic heterocycles. The van der Waals surface area contributed by atoms with Crippen molar-refractivity contribution in [1.29, 1.82) is 0 Å². The predicted octanol–water partition coefficient (Wildman–Crippen LogP) is 3.07. The summed E-state index contributed by atoms with van der Waals surface area (Å²) < 4.78 is 6.31. The summed E-state index contributed by atoms with van der Waals surface area (Å²) in [5.41, 5.74) is 1.60. The minimum atomic E-state index is 0.219. The predicted molar refractivity (Wildman–Crippen MR) is 95.5 cm³/mol. The molecule has 1 fully saturated rings. The number of aliphatic imine (C=N–C) groups is 1. The van der Waals surface area contributed by atoms with Crippen molar-refractivity contribution in [1.82, 2.24) is 10.6 Å². The minimum absolute atomic E-state index is 0.219. The van der Waals surface area contributed by atoms with Crippen molar-refractivity contribution >= 4 is 21.9 Å². The van der Waals surface area contributed by atoms with Gasteiger partial charge in [-0.2, -0.15) is 0 Å². The Hall–Kier alpha value is -1.07. The Morgan fingerprint density at radius 3 is 2.82 bits per heavy atom. The molecule has 1 aliphatic rings. The fraction of sp³-hybridized carbons (Fsp3) is 0.588. The van der Waals surface area contributed by atoms with E-state index in [4.69, 9.17) is 9.73 Å². The number of nitrogens with one attached hydrogen (secondary N) is 2. The van der Waals surface area contributed by atoms with Crippen LogP contribution in [0.15, 0.2) is 33.7 Å². The van der Waals surface area contributed by atoms with E-state index in [-0.39, 0.29) is 11.5 Å². The Kier molecular flexibility index (Phi) is 6.26. The van der Waals surface area contributed by atoms with Gasteiger partial charge >= 0.3 is 0 Å². The summed E-state index contributed by atoms with van der Waals surface area (Å²) >= 11 is 3.56. The van der Waals surface area contributed by atoms with Crippen LogP contribution in [-0.4, -0.2) is 38.8 Å². The van der Waals surface area contributed by atoms with Crippen molar-refractivity contribution < 1.29 is 4.74 Å². The average molecular weight is 368 g/mol. The molecule has 22 heavy (non-hydrogen) atoms. The van der Waals surface area contributed by atoms with Crippen LogP contribution in [0, 0.1) is 0 Å². The molecule has 0 saturated heterocycles. The number of guanidine groups is 1. The van der Waals surface area contributed by atoms with Gasteiger partial charge in [-0.05, 0) is 44.4 Å². The van der Waals surface area contributed by atoms with Crippen LogP contribution in [0.5, 0.6) is 0 Å². The van der Waals surface area contributed by atoms with Crippen LogP contribution in [0.25, 0.3) is 0 Å². The summed E-state index contributed by atoms with van der Waals surface area (Å²) in [7, 11) is 1.72. The van der Waals surface area contributed by atoms with Crippen molar-refractivity contribution in [3.05, 3.63) is 34.3 Å². The van der Waals surface area contributed by atoms with Gasteiger partial charge in [0.05, 0.1) is 13.2 Å². The Labute approximate surface area is 141 Å². The Morgan fingerprint density at radius 2 is 2.23 bits per heavy atom. The number of benzene rings is 1. The molecular formula is C17H26BrN3O. The van der Waals surface area contributed by atoms with E-state index in [0.717, 1.165) is 23.5 Å². The fourth-order valence-electron chi connectivity index (χ4n) is 2.58. The first-order chi connectivity index (χ1) is 10.6. The lowest BCUT2D eigenvalue weighted by atomic mass is 9.96. The maximum Gasteiger partial charge on any atom is 0.191 e. The van der Waals surface area contributed by atoms with Gasteiger partial charge < -0.3 is 15.4 Å². The number of nitrogens with zero attached hydrogens (tertiary/aromatic N) is 1. The molecule has 1 saturated carbocycles. The second-order valence-electron chi connectivity index (χ2n) is 5.99. The summed E-state index contributed by atoms with van der Waals surface area (Å²) in [5.74, 6) is 0.869. The van der Waals surface area contributed by atoms with E-state index in [1.54, 1.807) is 7.11 Å². The molecule has 2 N–H and O–H groups in total. The molecule has 5 heteroatoms. The Balaban J connectivity index is 2.03. The number of hydrogen-bond acceptors (Lipinski definition) is 2. The summed E-state index contributed by atoms with van der Waals surface area (Å²) in [4.78, 5) is 4.80. The van der Waals surface area contributed by atoms with Gasteiger partial charge in [0.2, 0.25) is 0 Å². The smallest absolute Gasteiger partial charge is 0.191 e. The Morgan fingerprint density at radius 1 is 1.45 bits per heavy atom. The number of methoxy groups -OCH3 is 1. The van der Waals surface area contributed by atoms with Gasteiger partial charge in [-0.25, -0.2) is 0 Å². The van der Waals surface area contributed by atoms with Crippen molar-refractivity contribution in [3.63, 3.8) is 0 Å². The molecule has 0 spiro atoms. The van der Waals surface area contributed by atoms with Gasteiger partial charge in [0, 0.05) is 29.6 Å². The second kappa shape index (κ2) is 7.97. The van der Waals surface area contributed by atoms with Crippen LogP contribution in [-0.2, 0) is 10.2 Å². The lowest BCUT2D eigenvalue weighted by Crippen LogP contribution is -2.44. The zero-order valence-corrected chi connectivity index (χ0v) is 15.2. The normalized spacial score (nSPS) is 17.9. The van der Waals surface area contributed by atoms with E-state index in [1.807, 2.05) is 0 Å². The van der Waals surface area contributed by atoms with Crippen molar-refractivity contribution in [3.8, 4) is 0 Å². The Bertz CT molecular complexity index is 514. The van der Waals surface area contributed by atoms with E-state index in [2.05, 4.69) is 64.7 Å². The van der Waals surface area contributed by atoms with Crippen LogP contribution in [0.1, 0.15) is 32.3 Å². The monoisotopic (exact) mass is 367 g/mol. The van der Waals surface area contributed by atoms with Gasteiger partial charge in [-0.15, -0.1) is 0 Å². The molecule has 122 valence electrons. The van der Waals surface area contributed by atoms with Crippen LogP contribution in [0.4, 0.5) is 0 Å². The highest BCUT2D eigenvalue weighted by molar-refractivity contribution is 9.10. The number of halogens is 1. The van der Waals surface area contributed by atoms with Crippen LogP contribution >= 0.6 is 15.9 Å². The summed E-state index contributed by atoms with van der Waals surface area (Å²) in [6, 6.07) is 8.84. The van der Waals surface area contributed by atoms with Crippen molar-refractivity contribution in [2.24, 2.45) is 4.99 Å². The van der Waals surface area contributed by atoms with Crippen molar-refractivity contribution in [2.45, 2.75) is 38.1 Å². The topological polar surface area (TPSA) is 45.7 Å². The summed E-state index contributed by atoms with van der Waals surface area (Å²) in [6.45, 7) is 6.52. The molecule has 4 nitrogen and oxygen atoms in total. The highest BCUT2D eigenvalue weighted by Gasteiger charge is 2.44. The van der Waals surface area contributed by atoms with Gasteiger partial charge in [-0.3, -0.25) is 4.99 Å². The van der Waals surface area contributed by atoms with Gasteiger partial charge in [0.25, 0.3) is 0 Å². The third kappa shape index (κ3) is 4.71. The van der Waals surface area contributed by atoms with E-state index in [1.165, 1.54) is 18.4 Å². The first kappa shape index (κ1) is 17.3. The second-order valence-corrected chi connectivity index (χ2v) is 6.90. The van der Waals surface area contributed by atoms with E-state index >= 15 is 0 Å². The molecule has 0 radical (unpaired) electrons. The molecule has 0 amide bonds. The third-order valence-electron chi connectivity index (χ3n) is 3.97. The van der Waals surface area contributed by atoms with Crippen LogP contribution in [0.3, 0.4) is 0 Å². The van der Waals surface area contributed by atoms with E-state index in [0.29, 0.717) is 6.61 Å². The minimum Gasteiger partial charge on any atom is -0.383 e. The standard InChI is InChI=1S/C17H26BrN3O/c1-4-19-16(21-13(2)11-22-3)20-12-17(8-9-17)14-6-5-7-15(18)10-14/h5-7,10,13H,4,8-9,11-12H2,1-3H3,(H2,19,20,21). The molecule has 0 bridgehead atoms. The molecule has 1 aromatic carbocycles. The molecule has 1 aromatic rings. The van der Waals surface area contributed by atoms with E-state index < -0.39 is 0 Å². The highest BCUT2D eigenvalue weighted by atomic mass is 79.9. The lowest BCUT2D eigenvalue weighted by molar-refractivity contribution is 0.179. The SMILES string of the molecule is CCNC(=NCC1(c2cccc(Br)c2)CC1)NC(C)COC. The first-order valence-electron chi connectivity index (χ1n) is 7.89. The zero-order chi connectivity index (χ0) is 16.0. The third-order valence-corrected chi connectivity index (χ3v) is 4.47. The fourth-order valence-corrected chi connectivity index (χ4v) is 2.98. The van der Waals surface area contributed by atoms with Crippen molar-refractivity contribution in [2.75, 3.05) is 26.8 Å². The average Bonchev–Trinajstić information content (AvgIpc) is 3.26. The zero-order valence-electron chi connectivity index (χ0n) is 13.7. The van der Waals surface area contributed by atoms with Crippen LogP contribution in [0.2, 0.25) is 0 Å². The van der Waals surface area contributed by atoms with E-state index in [9.17, 15) is 0 Å². The molecule has 1 aliphatic carbocycles. The van der Waals surface area contributed by atoms with Crippen LogP contribution < -0.4 is 10.6 Å². The van der Waals surface area contributed by atoms with Gasteiger partial charge in [0.15, 0.2) is 5.96 Å². The number of hydrogen-bond donors (Lipinski definition) is 2. The first-order valence-corrected chi connectivity index (χ1v) is 8.69. The maximum absolute atomic E-state index is 5.17. The largest absolute Gasteiger partial charge is 0.383 e. The maximum atomic E-state index is 5.17. The molecule has 0 heterocycles. The lowest BCUT2D eigenvalue weighted by Gasteiger charge is -2.19. The molecule has 2 rings (SSSR count). The molecular weight excluding hydrogens is 342 g/mol. The highest BCUT2D eigenvalue weighted by Crippen LogP contribution is 2.48.